The lowest BCUT2D eigenvalue weighted by atomic mass is 9.97. The Bertz CT molecular complexity index is 1170. The number of morpholine rings is 1. The Kier molecular flexibility index (Phi) is 7.52. The zero-order valence-corrected chi connectivity index (χ0v) is 19.0. The van der Waals surface area contributed by atoms with E-state index in [9.17, 15) is 13.6 Å². The number of carbonyl (C=O) groups is 1. The molecule has 1 saturated heterocycles. The van der Waals surface area contributed by atoms with Gasteiger partial charge in [0.2, 0.25) is 0 Å². The number of ether oxygens (including phenoxy) is 2. The van der Waals surface area contributed by atoms with Crippen molar-refractivity contribution in [2.75, 3.05) is 44.5 Å². The van der Waals surface area contributed by atoms with Crippen molar-refractivity contribution in [3.8, 4) is 5.75 Å². The first-order valence-corrected chi connectivity index (χ1v) is 11.1. The van der Waals surface area contributed by atoms with Crippen LogP contribution in [0.25, 0.3) is 0 Å². The predicted molar refractivity (Wildman–Crippen MR) is 126 cm³/mol. The maximum atomic E-state index is 14.3. The first-order chi connectivity index (χ1) is 16.4. The number of hydrazine groups is 1. The second-order valence-electron chi connectivity index (χ2n) is 8.09. The van der Waals surface area contributed by atoms with Gasteiger partial charge in [0.05, 0.1) is 24.6 Å². The highest BCUT2D eigenvalue weighted by Crippen LogP contribution is 2.30. The highest BCUT2D eigenvalue weighted by molar-refractivity contribution is 6.13. The molecule has 3 aromatic rings. The molecule has 8 heteroatoms. The number of hydrogen-bond acceptors (Lipinski definition) is 6. The van der Waals surface area contributed by atoms with E-state index in [0.717, 1.165) is 55.6 Å². The number of nitrogens with two attached hydrogens (primary N) is 1. The van der Waals surface area contributed by atoms with Gasteiger partial charge < -0.3 is 9.47 Å². The lowest BCUT2D eigenvalue weighted by Gasteiger charge is -2.26. The fraction of sp³-hybridized carbons (Fsp3) is 0.269. The van der Waals surface area contributed by atoms with E-state index in [1.54, 1.807) is 30.3 Å². The van der Waals surface area contributed by atoms with Crippen molar-refractivity contribution in [1.29, 1.82) is 0 Å². The summed E-state index contributed by atoms with van der Waals surface area (Å²) in [7, 11) is 0. The fourth-order valence-corrected chi connectivity index (χ4v) is 3.88. The van der Waals surface area contributed by atoms with E-state index in [0.29, 0.717) is 29.2 Å². The van der Waals surface area contributed by atoms with Crippen LogP contribution in [0.5, 0.6) is 5.75 Å². The van der Waals surface area contributed by atoms with E-state index in [4.69, 9.17) is 15.3 Å². The summed E-state index contributed by atoms with van der Waals surface area (Å²) in [5.74, 6) is 4.96. The average Bonchev–Trinajstić information content (AvgIpc) is 2.85. The van der Waals surface area contributed by atoms with Crippen LogP contribution < -0.4 is 15.6 Å². The van der Waals surface area contributed by atoms with Gasteiger partial charge >= 0.3 is 0 Å². The molecule has 0 spiro atoms. The summed E-state index contributed by atoms with van der Waals surface area (Å²) in [6.45, 7) is 6.31. The molecule has 1 heterocycles. The second-order valence-corrected chi connectivity index (χ2v) is 8.09. The first kappa shape index (κ1) is 23.8. The predicted octanol–water partition coefficient (Wildman–Crippen LogP) is 4.23. The number of benzene rings is 3. The number of para-hydroxylation sites is 1. The van der Waals surface area contributed by atoms with Crippen molar-refractivity contribution in [1.82, 2.24) is 4.90 Å². The van der Waals surface area contributed by atoms with Gasteiger partial charge in [0.15, 0.2) is 11.6 Å². The molecule has 0 saturated carbocycles. The third-order valence-corrected chi connectivity index (χ3v) is 5.81. The van der Waals surface area contributed by atoms with Crippen LogP contribution in [0.3, 0.4) is 0 Å². The van der Waals surface area contributed by atoms with Gasteiger partial charge in [-0.25, -0.2) is 14.6 Å². The molecular formula is C26H27F2N3O3. The van der Waals surface area contributed by atoms with Gasteiger partial charge in [-0.1, -0.05) is 18.2 Å². The van der Waals surface area contributed by atoms with Crippen molar-refractivity contribution < 1.29 is 23.0 Å². The molecule has 0 atom stereocenters. The molecule has 2 N–H and O–H groups in total. The summed E-state index contributed by atoms with van der Waals surface area (Å²) in [5, 5.41) is 1.06. The number of aryl methyl sites for hydroxylation is 1. The van der Waals surface area contributed by atoms with Crippen LogP contribution >= 0.6 is 0 Å². The van der Waals surface area contributed by atoms with Crippen molar-refractivity contribution in [2.24, 2.45) is 5.84 Å². The van der Waals surface area contributed by atoms with Crippen LogP contribution in [-0.2, 0) is 4.74 Å². The van der Waals surface area contributed by atoms with Gasteiger partial charge in [0.25, 0.3) is 0 Å². The molecule has 0 radical (unpaired) electrons. The molecule has 0 bridgehead atoms. The molecule has 0 unspecified atom stereocenters. The maximum absolute atomic E-state index is 14.3. The molecule has 4 rings (SSSR count). The Labute approximate surface area is 197 Å². The number of ketones is 1. The molecule has 178 valence electrons. The van der Waals surface area contributed by atoms with Gasteiger partial charge in [-0.05, 0) is 48.9 Å². The molecule has 34 heavy (non-hydrogen) atoms. The third-order valence-electron chi connectivity index (χ3n) is 5.81. The van der Waals surface area contributed by atoms with E-state index in [-0.39, 0.29) is 11.5 Å². The largest absolute Gasteiger partial charge is 0.492 e. The summed E-state index contributed by atoms with van der Waals surface area (Å²) in [5.41, 5.74) is 1.79. The zero-order chi connectivity index (χ0) is 24.1. The quantitative estimate of drug-likeness (QED) is 0.304. The van der Waals surface area contributed by atoms with Crippen LogP contribution in [0.2, 0.25) is 0 Å². The van der Waals surface area contributed by atoms with E-state index in [2.05, 4.69) is 4.90 Å². The third kappa shape index (κ3) is 5.41. The Morgan fingerprint density at radius 1 is 1.03 bits per heavy atom. The zero-order valence-electron chi connectivity index (χ0n) is 19.0. The molecule has 0 amide bonds. The number of halogens is 2. The Hall–Kier alpha value is -3.33. The molecule has 6 nitrogen and oxygen atoms in total. The van der Waals surface area contributed by atoms with Gasteiger partial charge in [-0.3, -0.25) is 14.7 Å². The number of carbonyl (C=O) groups excluding carboxylic acids is 1. The Balaban J connectivity index is 1.55. The van der Waals surface area contributed by atoms with Crippen LogP contribution in [0.4, 0.5) is 20.2 Å². The average molecular weight is 468 g/mol. The van der Waals surface area contributed by atoms with Crippen molar-refractivity contribution in [3.63, 3.8) is 0 Å². The summed E-state index contributed by atoms with van der Waals surface area (Å²) >= 11 is 0. The van der Waals surface area contributed by atoms with Crippen LogP contribution in [0.1, 0.15) is 21.5 Å². The topological polar surface area (TPSA) is 68.0 Å². The van der Waals surface area contributed by atoms with Gasteiger partial charge in [-0.2, -0.15) is 0 Å². The number of rotatable bonds is 8. The van der Waals surface area contributed by atoms with E-state index >= 15 is 0 Å². The van der Waals surface area contributed by atoms with Gasteiger partial charge in [0.1, 0.15) is 18.2 Å². The fourth-order valence-electron chi connectivity index (χ4n) is 3.88. The monoisotopic (exact) mass is 467 g/mol. The molecule has 0 aromatic heterocycles. The Morgan fingerprint density at radius 2 is 1.79 bits per heavy atom. The molecular weight excluding hydrogens is 440 g/mol. The summed E-state index contributed by atoms with van der Waals surface area (Å²) in [6, 6.07) is 15.1. The van der Waals surface area contributed by atoms with Crippen LogP contribution in [0.15, 0.2) is 60.7 Å². The van der Waals surface area contributed by atoms with E-state index < -0.39 is 11.6 Å². The lowest BCUT2D eigenvalue weighted by molar-refractivity contribution is 0.0322. The molecule has 0 aliphatic carbocycles. The van der Waals surface area contributed by atoms with E-state index in [1.807, 2.05) is 19.1 Å². The minimum Gasteiger partial charge on any atom is -0.492 e. The minimum atomic E-state index is -0.823. The number of nitrogens with zero attached hydrogens (tertiary/aromatic N) is 2. The van der Waals surface area contributed by atoms with Crippen molar-refractivity contribution >= 4 is 17.2 Å². The molecule has 1 aliphatic heterocycles. The number of anilines is 2. The maximum Gasteiger partial charge on any atom is 0.195 e. The summed E-state index contributed by atoms with van der Waals surface area (Å²) < 4.78 is 39.0. The summed E-state index contributed by atoms with van der Waals surface area (Å²) in [6.07, 6.45) is 0. The SMILES string of the molecule is Cc1ccc(OCCN2CCOCC2)cc1C(=O)c1ccccc1N(N)c1ccc(F)cc1F. The lowest BCUT2D eigenvalue weighted by Crippen LogP contribution is -2.38. The van der Waals surface area contributed by atoms with E-state index in [1.165, 1.54) is 6.07 Å². The smallest absolute Gasteiger partial charge is 0.195 e. The first-order valence-electron chi connectivity index (χ1n) is 11.1. The second kappa shape index (κ2) is 10.7. The minimum absolute atomic E-state index is 0.0430. The standard InChI is InChI=1S/C26H27F2N3O3/c1-18-6-8-20(34-15-12-30-10-13-33-14-11-30)17-22(18)26(32)21-4-2-3-5-24(21)31(29)25-9-7-19(27)16-23(25)28/h2-9,16-17H,10-15,29H2,1H3. The van der Waals surface area contributed by atoms with Crippen LogP contribution in [0, 0.1) is 18.6 Å². The number of hydrogen-bond donors (Lipinski definition) is 1. The normalized spacial score (nSPS) is 14.1. The van der Waals surface area contributed by atoms with Crippen molar-refractivity contribution in [2.45, 2.75) is 6.92 Å². The molecule has 1 aliphatic rings. The highest BCUT2D eigenvalue weighted by Gasteiger charge is 2.21. The molecule has 3 aromatic carbocycles. The molecule has 1 fully saturated rings. The van der Waals surface area contributed by atoms with Gasteiger partial charge in [0, 0.05) is 36.8 Å². The van der Waals surface area contributed by atoms with Gasteiger partial charge in [-0.15, -0.1) is 0 Å². The van der Waals surface area contributed by atoms with Crippen LogP contribution in [-0.4, -0.2) is 50.1 Å². The summed E-state index contributed by atoms with van der Waals surface area (Å²) in [4.78, 5) is 15.8. The van der Waals surface area contributed by atoms with Crippen molar-refractivity contribution in [3.05, 3.63) is 89.0 Å². The Morgan fingerprint density at radius 3 is 2.56 bits per heavy atom. The highest BCUT2D eigenvalue weighted by atomic mass is 19.1.